The molecule has 1 amide bonds. The number of hydrogen-bond donors (Lipinski definition) is 1. The fraction of sp³-hybridized carbons (Fsp3) is 0.429. The summed E-state index contributed by atoms with van der Waals surface area (Å²) in [6, 6.07) is 1.20. The summed E-state index contributed by atoms with van der Waals surface area (Å²) < 4.78 is 29.0. The molecule has 0 aromatic carbocycles. The van der Waals surface area contributed by atoms with Crippen LogP contribution in [0.15, 0.2) is 6.07 Å². The maximum atomic E-state index is 11.8. The number of ether oxygens (including phenoxy) is 1. The van der Waals surface area contributed by atoms with Crippen LogP contribution in [0.25, 0.3) is 0 Å². The molecule has 1 aromatic rings. The van der Waals surface area contributed by atoms with Gasteiger partial charge in [-0.2, -0.15) is 8.78 Å². The average Bonchev–Trinajstić information content (AvgIpc) is 2.47. The Hall–Kier alpha value is -1.66. The molecule has 0 saturated carbocycles. The third-order valence-corrected chi connectivity index (χ3v) is 1.81. The molecule has 5 nitrogen and oxygen atoms in total. The Morgan fingerprint density at radius 1 is 1.64 bits per heavy atom. The normalized spacial score (nSPS) is 15.2. The summed E-state index contributed by atoms with van der Waals surface area (Å²) in [5.41, 5.74) is 0.243. The Labute approximate surface area is 77.6 Å². The molecular weight excluding hydrogens is 196 g/mol. The Balaban J connectivity index is 2.26. The smallest absolute Gasteiger partial charge is 0.388 e. The summed E-state index contributed by atoms with van der Waals surface area (Å²) in [7, 11) is 0. The predicted octanol–water partition coefficient (Wildman–Crippen LogP) is 0.228. The number of aromatic nitrogens is 2. The predicted molar refractivity (Wildman–Crippen MR) is 41.2 cm³/mol. The minimum atomic E-state index is -2.92. The van der Waals surface area contributed by atoms with Gasteiger partial charge in [0.05, 0.1) is 6.54 Å². The van der Waals surface area contributed by atoms with E-state index < -0.39 is 6.61 Å². The number of fused-ring (bicyclic) bond motifs is 1. The lowest BCUT2D eigenvalue weighted by molar-refractivity contribution is -0.0532. The second-order valence-electron chi connectivity index (χ2n) is 2.73. The highest BCUT2D eigenvalue weighted by Crippen LogP contribution is 2.15. The summed E-state index contributed by atoms with van der Waals surface area (Å²) >= 11 is 0. The summed E-state index contributed by atoms with van der Waals surface area (Å²) in [4.78, 5) is 11.2. The van der Waals surface area contributed by atoms with E-state index >= 15 is 0 Å². The molecule has 76 valence electrons. The van der Waals surface area contributed by atoms with Crippen LogP contribution in [-0.2, 0) is 6.54 Å². The fourth-order valence-electron chi connectivity index (χ4n) is 1.26. The van der Waals surface area contributed by atoms with Gasteiger partial charge in [-0.15, -0.1) is 5.10 Å². The molecule has 0 saturated heterocycles. The van der Waals surface area contributed by atoms with E-state index in [0.717, 1.165) is 0 Å². The molecule has 1 aliphatic rings. The number of halogens is 2. The largest absolute Gasteiger partial charge is 0.415 e. The first kappa shape index (κ1) is 8.92. The summed E-state index contributed by atoms with van der Waals surface area (Å²) in [6.07, 6.45) is 0. The molecule has 2 heterocycles. The van der Waals surface area contributed by atoms with Gasteiger partial charge in [-0.1, -0.05) is 0 Å². The quantitative estimate of drug-likeness (QED) is 0.748. The van der Waals surface area contributed by atoms with Gasteiger partial charge in [-0.25, -0.2) is 0 Å². The van der Waals surface area contributed by atoms with Crippen LogP contribution in [0.3, 0.4) is 0 Å². The van der Waals surface area contributed by atoms with Crippen LogP contribution in [0.2, 0.25) is 0 Å². The summed E-state index contributed by atoms with van der Waals surface area (Å²) in [6.45, 7) is -2.01. The molecule has 0 radical (unpaired) electrons. The Morgan fingerprint density at radius 2 is 2.43 bits per heavy atom. The number of carbonyl (C=O) groups is 1. The fourth-order valence-corrected chi connectivity index (χ4v) is 1.26. The van der Waals surface area contributed by atoms with Crippen LogP contribution in [-0.4, -0.2) is 28.8 Å². The third kappa shape index (κ3) is 1.52. The number of amides is 1. The zero-order valence-electron chi connectivity index (χ0n) is 7.04. The summed E-state index contributed by atoms with van der Waals surface area (Å²) in [5.74, 6) is -0.556. The van der Waals surface area contributed by atoms with E-state index in [1.807, 2.05) is 0 Å². The van der Waals surface area contributed by atoms with Crippen molar-refractivity contribution in [1.82, 2.24) is 15.1 Å². The lowest BCUT2D eigenvalue weighted by atomic mass is 10.3. The molecular formula is C7H7F2N3O2. The third-order valence-electron chi connectivity index (χ3n) is 1.81. The van der Waals surface area contributed by atoms with Crippen molar-refractivity contribution in [2.24, 2.45) is 0 Å². The molecule has 2 rings (SSSR count). The van der Waals surface area contributed by atoms with Crippen molar-refractivity contribution >= 4 is 5.91 Å². The molecule has 0 atom stereocenters. The van der Waals surface area contributed by atoms with Gasteiger partial charge in [-0.3, -0.25) is 9.48 Å². The van der Waals surface area contributed by atoms with Crippen LogP contribution in [0.5, 0.6) is 5.88 Å². The molecule has 0 aliphatic carbocycles. The van der Waals surface area contributed by atoms with Crippen LogP contribution in [0, 0.1) is 0 Å². The van der Waals surface area contributed by atoms with Gasteiger partial charge in [0.25, 0.3) is 5.91 Å². The monoisotopic (exact) mass is 203 g/mol. The molecule has 0 unspecified atom stereocenters. The maximum absolute atomic E-state index is 11.8. The first-order valence-corrected chi connectivity index (χ1v) is 3.97. The van der Waals surface area contributed by atoms with E-state index in [1.54, 1.807) is 0 Å². The van der Waals surface area contributed by atoms with E-state index in [9.17, 15) is 13.6 Å². The second kappa shape index (κ2) is 3.24. The topological polar surface area (TPSA) is 56.2 Å². The molecule has 1 aliphatic heterocycles. The number of nitrogens with one attached hydrogen (secondary N) is 1. The van der Waals surface area contributed by atoms with E-state index in [0.29, 0.717) is 13.1 Å². The molecule has 1 aromatic heterocycles. The highest BCUT2D eigenvalue weighted by atomic mass is 19.3. The van der Waals surface area contributed by atoms with Crippen molar-refractivity contribution in [2.45, 2.75) is 13.2 Å². The maximum Gasteiger partial charge on any atom is 0.388 e. The molecule has 0 bridgehead atoms. The van der Waals surface area contributed by atoms with Crippen molar-refractivity contribution in [3.63, 3.8) is 0 Å². The first-order chi connectivity index (χ1) is 6.66. The van der Waals surface area contributed by atoms with Gasteiger partial charge in [0, 0.05) is 12.6 Å². The van der Waals surface area contributed by atoms with Gasteiger partial charge < -0.3 is 10.1 Å². The number of carbonyl (C=O) groups excluding carboxylic acids is 1. The van der Waals surface area contributed by atoms with E-state index in [4.69, 9.17) is 0 Å². The zero-order chi connectivity index (χ0) is 10.1. The van der Waals surface area contributed by atoms with Crippen molar-refractivity contribution in [2.75, 3.05) is 6.54 Å². The highest BCUT2D eigenvalue weighted by Gasteiger charge is 2.20. The van der Waals surface area contributed by atoms with E-state index in [1.165, 1.54) is 10.7 Å². The number of hydrogen-bond acceptors (Lipinski definition) is 3. The van der Waals surface area contributed by atoms with Crippen LogP contribution in [0.1, 0.15) is 10.5 Å². The van der Waals surface area contributed by atoms with Gasteiger partial charge in [0.2, 0.25) is 5.88 Å². The van der Waals surface area contributed by atoms with Crippen molar-refractivity contribution in [1.29, 1.82) is 0 Å². The van der Waals surface area contributed by atoms with Crippen molar-refractivity contribution in [3.05, 3.63) is 11.8 Å². The first-order valence-electron chi connectivity index (χ1n) is 3.97. The second-order valence-corrected chi connectivity index (χ2v) is 2.73. The van der Waals surface area contributed by atoms with Crippen LogP contribution >= 0.6 is 0 Å². The van der Waals surface area contributed by atoms with Crippen LogP contribution < -0.4 is 10.1 Å². The molecule has 0 fully saturated rings. The lowest BCUT2D eigenvalue weighted by Crippen LogP contribution is -2.35. The Morgan fingerprint density at radius 3 is 3.07 bits per heavy atom. The van der Waals surface area contributed by atoms with Crippen molar-refractivity contribution < 1.29 is 18.3 Å². The van der Waals surface area contributed by atoms with E-state index in [-0.39, 0.29) is 17.5 Å². The molecule has 0 spiro atoms. The Bertz CT molecular complexity index is 364. The van der Waals surface area contributed by atoms with E-state index in [2.05, 4.69) is 15.2 Å². The minimum Gasteiger partial charge on any atom is -0.415 e. The van der Waals surface area contributed by atoms with Gasteiger partial charge in [-0.05, 0) is 0 Å². The number of alkyl halides is 2. The van der Waals surface area contributed by atoms with Crippen molar-refractivity contribution in [3.8, 4) is 5.88 Å². The zero-order valence-corrected chi connectivity index (χ0v) is 7.04. The Kier molecular flexibility index (Phi) is 2.06. The average molecular weight is 203 g/mol. The van der Waals surface area contributed by atoms with Gasteiger partial charge in [0.1, 0.15) is 5.69 Å². The molecule has 1 N–H and O–H groups in total. The van der Waals surface area contributed by atoms with Crippen LogP contribution in [0.4, 0.5) is 8.78 Å². The highest BCUT2D eigenvalue weighted by molar-refractivity contribution is 5.93. The van der Waals surface area contributed by atoms with Gasteiger partial charge >= 0.3 is 6.61 Å². The standard InChI is InChI=1S/C7H7F2N3O2/c8-7(9)14-5-3-4-6(13)10-1-2-12(4)11-5/h3,7H,1-2H2,(H,10,13). The lowest BCUT2D eigenvalue weighted by Gasteiger charge is -2.12. The number of nitrogens with zero attached hydrogens (tertiary/aromatic N) is 2. The SMILES string of the molecule is O=C1NCCn2nc(OC(F)F)cc21. The molecule has 7 heteroatoms. The van der Waals surface area contributed by atoms with Gasteiger partial charge in [0.15, 0.2) is 0 Å². The number of rotatable bonds is 2. The minimum absolute atomic E-state index is 0.230. The molecule has 14 heavy (non-hydrogen) atoms. The summed E-state index contributed by atoms with van der Waals surface area (Å²) in [5, 5.41) is 6.26.